The van der Waals surface area contributed by atoms with Crippen molar-refractivity contribution in [3.63, 3.8) is 0 Å². The molecular weight excluding hydrogens is 1130 g/mol. The van der Waals surface area contributed by atoms with E-state index in [9.17, 15) is 30.3 Å². The zero-order chi connectivity index (χ0) is 62.9. The molecule has 4 aromatic heterocycles. The van der Waals surface area contributed by atoms with E-state index in [-0.39, 0.29) is 34.4 Å². The summed E-state index contributed by atoms with van der Waals surface area (Å²) in [4.78, 5) is 38.0. The minimum absolute atomic E-state index is 0.0990. The first-order valence-corrected chi connectivity index (χ1v) is 30.1. The number of carboxylic acid groups (broad SMARTS) is 2. The van der Waals surface area contributed by atoms with E-state index in [4.69, 9.17) is 18.8 Å². The number of benzene rings is 2. The van der Waals surface area contributed by atoms with Crippen LogP contribution in [0.3, 0.4) is 0 Å². The van der Waals surface area contributed by atoms with Crippen molar-refractivity contribution in [3.05, 3.63) is 151 Å². The summed E-state index contributed by atoms with van der Waals surface area (Å²) < 4.78 is 76.5. The van der Waals surface area contributed by atoms with Crippen LogP contribution >= 0.6 is 11.8 Å². The number of rotatable bonds is 22. The lowest BCUT2D eigenvalue weighted by atomic mass is 9.92. The van der Waals surface area contributed by atoms with Crippen molar-refractivity contribution in [2.45, 2.75) is 144 Å². The summed E-state index contributed by atoms with van der Waals surface area (Å²) in [6.07, 6.45) is 9.02. The van der Waals surface area contributed by atoms with Gasteiger partial charge in [0.1, 0.15) is 46.3 Å². The number of furan rings is 2. The molecule has 3 aliphatic heterocycles. The van der Waals surface area contributed by atoms with Gasteiger partial charge in [-0.05, 0) is 169 Å². The van der Waals surface area contributed by atoms with Crippen molar-refractivity contribution < 1.29 is 45.9 Å². The average molecular weight is 1200 g/mol. The van der Waals surface area contributed by atoms with Crippen molar-refractivity contribution in [2.24, 2.45) is 9.98 Å². The molecule has 13 nitrogen and oxygen atoms in total. The largest absolute Gasteiger partial charge is 0.677 e. The lowest BCUT2D eigenvalue weighted by Crippen LogP contribution is -2.21. The number of allylic oxidation sites excluding steroid dienone is 6. The second-order valence-electron chi connectivity index (χ2n) is 22.1. The molecule has 6 aromatic rings. The van der Waals surface area contributed by atoms with Crippen LogP contribution in [0.1, 0.15) is 163 Å². The molecule has 446 valence electrons. The Morgan fingerprint density at radius 2 is 1.00 bits per heavy atom. The van der Waals surface area contributed by atoms with Gasteiger partial charge in [-0.15, -0.1) is 0 Å². The van der Waals surface area contributed by atoms with Crippen molar-refractivity contribution in [2.75, 3.05) is 11.4 Å². The molecule has 7 heterocycles. The van der Waals surface area contributed by atoms with Gasteiger partial charge in [0, 0.05) is 96.1 Å². The van der Waals surface area contributed by atoms with Gasteiger partial charge in [-0.2, -0.15) is 10.5 Å². The number of anilines is 2. The number of carboxylic acids is 2. The zero-order valence-electron chi connectivity index (χ0n) is 50.7. The van der Waals surface area contributed by atoms with E-state index in [0.29, 0.717) is 69.0 Å². The predicted molar refractivity (Wildman–Crippen MR) is 340 cm³/mol. The van der Waals surface area contributed by atoms with E-state index in [1.165, 1.54) is 12.1 Å². The lowest BCUT2D eigenvalue weighted by Gasteiger charge is -2.33. The van der Waals surface area contributed by atoms with Gasteiger partial charge in [0.05, 0.1) is 22.8 Å². The highest BCUT2D eigenvalue weighted by Gasteiger charge is 2.37. The van der Waals surface area contributed by atoms with Crippen molar-refractivity contribution in [3.8, 4) is 34.8 Å². The monoisotopic (exact) mass is 1200 g/mol. The number of aromatic nitrogens is 2. The van der Waals surface area contributed by atoms with E-state index in [1.54, 1.807) is 63.7 Å². The maximum Gasteiger partial charge on any atom is 0.677 e. The number of unbranched alkanes of at least 4 members (excludes halogenated alkanes) is 4. The lowest BCUT2D eigenvalue weighted by molar-refractivity contribution is -0.133. The number of nitrogens with zero attached hydrogens (tertiary/aromatic N) is 7. The summed E-state index contributed by atoms with van der Waals surface area (Å²) in [6, 6.07) is 22.4. The van der Waals surface area contributed by atoms with Crippen LogP contribution in [0.2, 0.25) is 0 Å². The third-order valence-electron chi connectivity index (χ3n) is 16.5. The van der Waals surface area contributed by atoms with Gasteiger partial charge in [-0.3, -0.25) is 27.2 Å². The molecule has 0 radical (unpaired) electrons. The second-order valence-corrected chi connectivity index (χ2v) is 23.2. The first-order chi connectivity index (χ1) is 41.6. The minimum atomic E-state index is -2.92. The molecule has 87 heavy (non-hydrogen) atoms. The molecule has 0 atom stereocenters. The molecule has 0 bridgehead atoms. The first-order valence-electron chi connectivity index (χ1n) is 29.2. The molecule has 0 unspecified atom stereocenters. The zero-order valence-corrected chi connectivity index (χ0v) is 51.5. The predicted octanol–water partition coefficient (Wildman–Crippen LogP) is 18.1. The summed E-state index contributed by atoms with van der Waals surface area (Å²) in [5.74, 6) is -2.11. The average Bonchev–Trinajstić information content (AvgIpc) is 1.73. The maximum absolute atomic E-state index is 15.6. The molecule has 0 amide bonds. The standard InChI is InChI=1S/C67H67B2F4N7O6S/c1-12-15-17-19-50(64-38(6)60(42(10)79(64)68(70)71)54-27-23-48(85-54)30-46(34-74)66(81)82)62-36(4)58(40(8)76-62)44-21-25-52-56(32-44)87-57-33-45(22-26-53(57)78(52)29-14-3)59-37(5)63(77-41(59)9)51(20-18-16-13-2)65-39(7)61(43(11)80(65)69(72)73)55-28-24-49(86-55)31-47(35-75)67(83)84/h21-28,30-33H,12-20,29H2,1-11H3,(H,81,82)(H,83,84)/b46-30-,47-31-,62-50-,63-51-. The molecule has 0 fully saturated rings. The molecule has 0 spiro atoms. The van der Waals surface area contributed by atoms with Gasteiger partial charge in [0.15, 0.2) is 0 Å². The Kier molecular flexibility index (Phi) is 18.8. The molecule has 0 saturated heterocycles. The minimum Gasteiger partial charge on any atom is -0.477 e. The number of carbonyl (C=O) groups is 2. The molecule has 2 aromatic carbocycles. The second kappa shape index (κ2) is 26.1. The Balaban J connectivity index is 1.13. The van der Waals surface area contributed by atoms with Crippen molar-refractivity contribution in [1.29, 1.82) is 10.5 Å². The normalized spacial score (nSPS) is 15.4. The number of fused-ring (bicyclic) bond motifs is 2. The van der Waals surface area contributed by atoms with Gasteiger partial charge in [0.2, 0.25) is 0 Å². The van der Waals surface area contributed by atoms with Crippen LogP contribution in [0.4, 0.5) is 28.6 Å². The fraction of sp³-hybridized carbons (Fsp3) is 0.313. The Morgan fingerprint density at radius 1 is 0.598 bits per heavy atom. The van der Waals surface area contributed by atoms with Crippen LogP contribution in [0.15, 0.2) is 123 Å². The molecule has 2 N–H and O–H groups in total. The summed E-state index contributed by atoms with van der Waals surface area (Å²) in [5.41, 5.74) is 13.7. The van der Waals surface area contributed by atoms with E-state index in [2.05, 4.69) is 62.1 Å². The topological polar surface area (TPSA) is 186 Å². The molecule has 0 saturated carbocycles. The van der Waals surface area contributed by atoms with E-state index in [1.807, 2.05) is 27.7 Å². The van der Waals surface area contributed by atoms with Crippen LogP contribution < -0.4 is 4.90 Å². The van der Waals surface area contributed by atoms with Crippen LogP contribution in [-0.2, 0) is 9.59 Å². The molecular formula is C67H67B2F4N7O6S. The molecule has 0 aliphatic carbocycles. The maximum atomic E-state index is 15.6. The van der Waals surface area contributed by atoms with Crippen molar-refractivity contribution >= 4 is 95.7 Å². The highest BCUT2D eigenvalue weighted by molar-refractivity contribution is 7.99. The summed E-state index contributed by atoms with van der Waals surface area (Å²) in [6.45, 7) is 21.8. The summed E-state index contributed by atoms with van der Waals surface area (Å²) in [7, 11) is -5.84. The Morgan fingerprint density at radius 3 is 1.34 bits per heavy atom. The highest BCUT2D eigenvalue weighted by Crippen LogP contribution is 2.52. The van der Waals surface area contributed by atoms with E-state index < -0.39 is 37.9 Å². The van der Waals surface area contributed by atoms with Gasteiger partial charge >= 0.3 is 26.7 Å². The Hall–Kier alpha value is -8.74. The fourth-order valence-electron chi connectivity index (χ4n) is 12.7. The molecule has 3 aliphatic rings. The first kappa shape index (κ1) is 62.8. The molecule has 9 rings (SSSR count). The highest BCUT2D eigenvalue weighted by atomic mass is 32.2. The van der Waals surface area contributed by atoms with Crippen molar-refractivity contribution in [1.82, 2.24) is 8.96 Å². The number of hydrogen-bond donors (Lipinski definition) is 2. The SMILES string of the molecule is CCCCC/C(=C1/N=C(C)C(c2ccc3c(c2)Sc2cc(C4=C(C)/C(=C(\CCCCC)c5c(C)c(-c6ccc(/C=C(/C#N)C(=O)O)o6)c(C)n5B(F)F)N=C4C)ccc2N3CCC)=C1C)c1c(C)c(-c2ccc(/C=C(/C#N)C(=O)O)o2)c(C)n1B(F)F. The number of halogens is 4. The number of aliphatic carboxylic acids is 2. The quantitative estimate of drug-likeness (QED) is 0.0218. The van der Waals surface area contributed by atoms with Crippen LogP contribution in [-0.4, -0.2) is 63.9 Å². The third kappa shape index (κ3) is 11.8. The van der Waals surface area contributed by atoms with E-state index in [0.717, 1.165) is 139 Å². The number of aliphatic imine (C=N–C) groups is 2. The van der Waals surface area contributed by atoms with Crippen LogP contribution in [0, 0.1) is 50.4 Å². The van der Waals surface area contributed by atoms with Gasteiger partial charge < -0.3 is 32.9 Å². The summed E-state index contributed by atoms with van der Waals surface area (Å²) in [5, 5.41) is 37.7. The number of hydrogen-bond acceptors (Lipinski definition) is 10. The Labute approximate surface area is 509 Å². The van der Waals surface area contributed by atoms with Gasteiger partial charge in [-0.25, -0.2) is 9.59 Å². The van der Waals surface area contributed by atoms with Gasteiger partial charge in [-0.1, -0.05) is 70.3 Å². The van der Waals surface area contributed by atoms with E-state index >= 15 is 17.3 Å². The van der Waals surface area contributed by atoms with Crippen LogP contribution in [0.5, 0.6) is 0 Å². The van der Waals surface area contributed by atoms with Crippen LogP contribution in [0.25, 0.3) is 57.1 Å². The number of nitriles is 2. The fourth-order valence-corrected chi connectivity index (χ4v) is 13.8. The van der Waals surface area contributed by atoms with Gasteiger partial charge in [0.25, 0.3) is 0 Å². The third-order valence-corrected chi connectivity index (χ3v) is 17.6. The molecule has 20 heteroatoms. The smallest absolute Gasteiger partial charge is 0.477 e. The Bertz CT molecular complexity index is 3910. The summed E-state index contributed by atoms with van der Waals surface area (Å²) >= 11 is 1.65.